The number of esters is 1. The number of carbonyl (C=O) groups excluding carboxylic acids is 1. The van der Waals surface area contributed by atoms with Crippen LogP contribution in [0.25, 0.3) is 10.9 Å². The number of pyridine rings is 1. The number of para-hydroxylation sites is 1. The van der Waals surface area contributed by atoms with E-state index in [1.165, 1.54) is 14.2 Å². The van der Waals surface area contributed by atoms with Crippen LogP contribution in [0.2, 0.25) is 0 Å². The molecule has 3 heterocycles. The van der Waals surface area contributed by atoms with Crippen molar-refractivity contribution in [3.63, 3.8) is 0 Å². The fraction of sp³-hybridized carbons (Fsp3) is 0.267. The number of aromatic hydroxyl groups is 1. The number of rotatable bonds is 5. The number of nitrogens with one attached hydrogen (secondary N) is 1. The maximum Gasteiger partial charge on any atom is 0.310 e. The first-order valence-corrected chi connectivity index (χ1v) is 12.7. The van der Waals surface area contributed by atoms with Crippen molar-refractivity contribution in [2.75, 3.05) is 32.9 Å². The number of ether oxygens (including phenoxy) is 5. The Morgan fingerprint density at radius 1 is 0.949 bits per heavy atom. The highest BCUT2D eigenvalue weighted by Crippen LogP contribution is 2.56. The number of anilines is 1. The molecular formula is C30H26N2O7. The number of carbonyl (C=O) groups is 1. The monoisotopic (exact) mass is 526 g/mol. The van der Waals surface area contributed by atoms with Gasteiger partial charge >= 0.3 is 5.97 Å². The second-order valence-electron chi connectivity index (χ2n) is 9.94. The van der Waals surface area contributed by atoms with E-state index < -0.39 is 11.8 Å². The molecule has 3 aliphatic rings. The summed E-state index contributed by atoms with van der Waals surface area (Å²) < 4.78 is 28.1. The first kappa shape index (κ1) is 23.5. The van der Waals surface area contributed by atoms with E-state index in [-0.39, 0.29) is 48.6 Å². The first-order valence-electron chi connectivity index (χ1n) is 12.7. The predicted molar refractivity (Wildman–Crippen MR) is 142 cm³/mol. The molecule has 0 unspecified atom stereocenters. The average molecular weight is 527 g/mol. The lowest BCUT2D eigenvalue weighted by atomic mass is 9.65. The van der Waals surface area contributed by atoms with Crippen LogP contribution in [0.5, 0.6) is 28.7 Å². The van der Waals surface area contributed by atoms with E-state index >= 15 is 0 Å². The highest BCUT2D eigenvalue weighted by atomic mass is 16.7. The summed E-state index contributed by atoms with van der Waals surface area (Å²) in [4.78, 5) is 18.0. The zero-order valence-corrected chi connectivity index (χ0v) is 21.3. The molecule has 0 bridgehead atoms. The minimum atomic E-state index is -0.497. The summed E-state index contributed by atoms with van der Waals surface area (Å²) in [5, 5.41) is 15.2. The first-order chi connectivity index (χ1) is 19.1. The highest BCUT2D eigenvalue weighted by molar-refractivity contribution is 5.82. The van der Waals surface area contributed by atoms with Crippen LogP contribution in [-0.4, -0.2) is 43.7 Å². The molecule has 1 saturated heterocycles. The Kier molecular flexibility index (Phi) is 5.40. The van der Waals surface area contributed by atoms with Gasteiger partial charge in [0.25, 0.3) is 0 Å². The summed E-state index contributed by atoms with van der Waals surface area (Å²) in [5.74, 6) is 0.338. The quantitative estimate of drug-likeness (QED) is 0.355. The topological polar surface area (TPSA) is 108 Å². The lowest BCUT2D eigenvalue weighted by Crippen LogP contribution is -2.37. The molecule has 7 rings (SSSR count). The average Bonchev–Trinajstić information content (AvgIpc) is 3.58. The molecule has 39 heavy (non-hydrogen) atoms. The fourth-order valence-corrected chi connectivity index (χ4v) is 6.17. The summed E-state index contributed by atoms with van der Waals surface area (Å²) >= 11 is 0. The van der Waals surface area contributed by atoms with Crippen LogP contribution in [0.3, 0.4) is 0 Å². The van der Waals surface area contributed by atoms with Crippen LogP contribution in [-0.2, 0) is 9.53 Å². The van der Waals surface area contributed by atoms with Crippen molar-refractivity contribution in [2.24, 2.45) is 11.8 Å². The largest absolute Gasteiger partial charge is 0.502 e. The minimum Gasteiger partial charge on any atom is -0.502 e. The Hall–Kier alpha value is -4.66. The molecule has 4 aromatic rings. The standard InChI is InChI=1S/C30H26N2O7/c1-35-24-8-16(9-25(36-2)29(24)33)26-18-10-22-23(39-14-38-22)11-19(18)28(20-13-37-30(34)27(20)26)32-17-7-15-5-3-4-6-21(15)31-12-17/h3-12,20,26-28,32-33H,13-14H2,1-2H3/t20-,26+,27-,28+/m0/s1. The molecule has 3 aromatic carbocycles. The van der Waals surface area contributed by atoms with Crippen molar-refractivity contribution in [1.29, 1.82) is 0 Å². The SMILES string of the molecule is COc1cc([C@@H]2c3cc4c(cc3[C@@H](Nc3cnc5ccccc5c3)[C@H]3COC(=O)[C@H]23)OCO4)cc(OC)c1O. The van der Waals surface area contributed by atoms with E-state index in [9.17, 15) is 9.90 Å². The number of phenolic OH excluding ortho intramolecular Hbond substituents is 1. The van der Waals surface area contributed by atoms with Gasteiger partial charge in [-0.2, -0.15) is 0 Å². The molecule has 4 atom stereocenters. The molecule has 0 spiro atoms. The molecular weight excluding hydrogens is 500 g/mol. The zero-order valence-electron chi connectivity index (χ0n) is 21.3. The number of nitrogens with zero attached hydrogens (tertiary/aromatic N) is 1. The molecule has 9 heteroatoms. The van der Waals surface area contributed by atoms with Gasteiger partial charge in [-0.15, -0.1) is 0 Å². The van der Waals surface area contributed by atoms with Crippen molar-refractivity contribution in [3.05, 3.63) is 77.5 Å². The number of methoxy groups -OCH3 is 2. The molecule has 1 aromatic heterocycles. The molecule has 2 aliphatic heterocycles. The molecule has 1 aliphatic carbocycles. The Labute approximate surface area is 224 Å². The molecule has 0 saturated carbocycles. The summed E-state index contributed by atoms with van der Waals surface area (Å²) in [6.07, 6.45) is 1.81. The van der Waals surface area contributed by atoms with Crippen LogP contribution in [0.4, 0.5) is 5.69 Å². The second-order valence-corrected chi connectivity index (χ2v) is 9.94. The Bertz CT molecular complexity index is 1600. The van der Waals surface area contributed by atoms with E-state index in [0.29, 0.717) is 11.5 Å². The molecule has 1 fully saturated rings. The fourth-order valence-electron chi connectivity index (χ4n) is 6.17. The molecule has 0 amide bonds. The molecule has 2 N–H and O–H groups in total. The smallest absolute Gasteiger partial charge is 0.310 e. The highest BCUT2D eigenvalue weighted by Gasteiger charge is 2.52. The Morgan fingerprint density at radius 2 is 1.67 bits per heavy atom. The molecule has 0 radical (unpaired) electrons. The third-order valence-electron chi connectivity index (χ3n) is 7.96. The van der Waals surface area contributed by atoms with Crippen molar-refractivity contribution < 1.29 is 33.6 Å². The van der Waals surface area contributed by atoms with Crippen LogP contribution >= 0.6 is 0 Å². The number of hydrogen-bond donors (Lipinski definition) is 2. The van der Waals surface area contributed by atoms with Gasteiger partial charge in [0, 0.05) is 17.2 Å². The van der Waals surface area contributed by atoms with Gasteiger partial charge in [0.15, 0.2) is 23.0 Å². The Morgan fingerprint density at radius 3 is 2.41 bits per heavy atom. The maximum absolute atomic E-state index is 13.4. The number of benzene rings is 3. The maximum atomic E-state index is 13.4. The molecule has 198 valence electrons. The second kappa shape index (κ2) is 8.97. The van der Waals surface area contributed by atoms with Gasteiger partial charge in [0.05, 0.1) is 50.2 Å². The lowest BCUT2D eigenvalue weighted by Gasteiger charge is -2.40. The van der Waals surface area contributed by atoms with Gasteiger partial charge in [0.2, 0.25) is 12.5 Å². The van der Waals surface area contributed by atoms with E-state index in [0.717, 1.165) is 33.3 Å². The van der Waals surface area contributed by atoms with Gasteiger partial charge in [-0.25, -0.2) is 0 Å². The van der Waals surface area contributed by atoms with Crippen LogP contribution in [0, 0.1) is 11.8 Å². The number of hydrogen-bond acceptors (Lipinski definition) is 9. The van der Waals surface area contributed by atoms with E-state index in [1.54, 1.807) is 12.1 Å². The third-order valence-corrected chi connectivity index (χ3v) is 7.96. The van der Waals surface area contributed by atoms with Gasteiger partial charge in [0.1, 0.15) is 0 Å². The lowest BCUT2D eigenvalue weighted by molar-refractivity contribution is -0.141. The third kappa shape index (κ3) is 3.68. The van der Waals surface area contributed by atoms with Crippen molar-refractivity contribution in [1.82, 2.24) is 4.98 Å². The summed E-state index contributed by atoms with van der Waals surface area (Å²) in [6, 6.07) is 17.2. The van der Waals surface area contributed by atoms with E-state index in [4.69, 9.17) is 23.7 Å². The molecule has 9 nitrogen and oxygen atoms in total. The van der Waals surface area contributed by atoms with E-state index in [1.807, 2.05) is 42.6 Å². The van der Waals surface area contributed by atoms with Crippen molar-refractivity contribution in [2.45, 2.75) is 12.0 Å². The van der Waals surface area contributed by atoms with Crippen molar-refractivity contribution >= 4 is 22.6 Å². The predicted octanol–water partition coefficient (Wildman–Crippen LogP) is 4.77. The van der Waals surface area contributed by atoms with E-state index in [2.05, 4.69) is 16.4 Å². The Balaban J connectivity index is 1.40. The van der Waals surface area contributed by atoms with Gasteiger partial charge in [-0.05, 0) is 53.1 Å². The van der Waals surface area contributed by atoms with Crippen molar-refractivity contribution in [3.8, 4) is 28.7 Å². The minimum absolute atomic E-state index is 0.0978. The summed E-state index contributed by atoms with van der Waals surface area (Å²) in [6.45, 7) is 0.393. The van der Waals surface area contributed by atoms with Gasteiger partial charge < -0.3 is 34.1 Å². The van der Waals surface area contributed by atoms with Crippen LogP contribution in [0.1, 0.15) is 28.7 Å². The van der Waals surface area contributed by atoms with Crippen LogP contribution in [0.15, 0.2) is 60.8 Å². The van der Waals surface area contributed by atoms with Gasteiger partial charge in [-0.3, -0.25) is 9.78 Å². The number of aromatic nitrogens is 1. The normalized spacial score (nSPS) is 22.7. The zero-order chi connectivity index (χ0) is 26.7. The number of cyclic esters (lactones) is 1. The number of phenols is 1. The van der Waals surface area contributed by atoms with Gasteiger partial charge in [-0.1, -0.05) is 18.2 Å². The number of fused-ring (bicyclic) bond motifs is 4. The van der Waals surface area contributed by atoms with Crippen LogP contribution < -0.4 is 24.3 Å². The summed E-state index contributed by atoms with van der Waals surface area (Å²) in [7, 11) is 2.96. The summed E-state index contributed by atoms with van der Waals surface area (Å²) in [5.41, 5.74) is 4.39.